The summed E-state index contributed by atoms with van der Waals surface area (Å²) in [5.41, 5.74) is 7.50. The fraction of sp³-hybridized carbons (Fsp3) is 0.308. The molecule has 3 N–H and O–H groups in total. The average molecular weight is 247 g/mol. The maximum Gasteiger partial charge on any atom is 0.128 e. The molecule has 0 spiro atoms. The van der Waals surface area contributed by atoms with Crippen LogP contribution in [-0.4, -0.2) is 28.1 Å². The van der Waals surface area contributed by atoms with Crippen LogP contribution in [0.25, 0.3) is 11.3 Å². The number of para-hydroxylation sites is 1. The van der Waals surface area contributed by atoms with Crippen molar-refractivity contribution in [3.8, 4) is 17.0 Å². The maximum absolute atomic E-state index is 8.92. The van der Waals surface area contributed by atoms with Crippen LogP contribution in [-0.2, 0) is 6.54 Å². The van der Waals surface area contributed by atoms with E-state index in [2.05, 4.69) is 5.10 Å². The monoisotopic (exact) mass is 247 g/mol. The van der Waals surface area contributed by atoms with E-state index in [0.29, 0.717) is 19.0 Å². The first-order valence-corrected chi connectivity index (χ1v) is 5.92. The number of ether oxygens (including phenoxy) is 1. The van der Waals surface area contributed by atoms with Crippen molar-refractivity contribution in [1.29, 1.82) is 0 Å². The number of benzene rings is 1. The highest BCUT2D eigenvalue weighted by molar-refractivity contribution is 5.69. The van der Waals surface area contributed by atoms with Gasteiger partial charge in [0, 0.05) is 11.6 Å². The Labute approximate surface area is 106 Å². The van der Waals surface area contributed by atoms with Crippen molar-refractivity contribution in [1.82, 2.24) is 9.78 Å². The van der Waals surface area contributed by atoms with E-state index in [9.17, 15) is 0 Å². The van der Waals surface area contributed by atoms with E-state index in [4.69, 9.17) is 15.6 Å². The molecule has 5 nitrogen and oxygen atoms in total. The third-order valence-electron chi connectivity index (χ3n) is 2.59. The Hall–Kier alpha value is -2.01. The molecule has 0 fully saturated rings. The molecule has 0 unspecified atom stereocenters. The van der Waals surface area contributed by atoms with Gasteiger partial charge in [-0.05, 0) is 19.1 Å². The van der Waals surface area contributed by atoms with Crippen LogP contribution in [0.1, 0.15) is 6.92 Å². The van der Waals surface area contributed by atoms with Gasteiger partial charge in [-0.2, -0.15) is 5.10 Å². The first-order chi connectivity index (χ1) is 8.76. The Kier molecular flexibility index (Phi) is 3.84. The van der Waals surface area contributed by atoms with E-state index < -0.39 is 0 Å². The number of rotatable bonds is 5. The summed E-state index contributed by atoms with van der Waals surface area (Å²) in [5.74, 6) is 1.32. The van der Waals surface area contributed by atoms with E-state index in [1.54, 1.807) is 10.7 Å². The zero-order chi connectivity index (χ0) is 13.0. The van der Waals surface area contributed by atoms with Crippen molar-refractivity contribution < 1.29 is 9.84 Å². The van der Waals surface area contributed by atoms with Crippen LogP contribution < -0.4 is 10.5 Å². The van der Waals surface area contributed by atoms with Crippen LogP contribution in [0.5, 0.6) is 5.75 Å². The maximum atomic E-state index is 8.92. The zero-order valence-corrected chi connectivity index (χ0v) is 10.3. The molecule has 0 aliphatic heterocycles. The highest BCUT2D eigenvalue weighted by atomic mass is 16.5. The molecule has 0 saturated heterocycles. The van der Waals surface area contributed by atoms with Gasteiger partial charge in [-0.15, -0.1) is 0 Å². The molecule has 0 atom stereocenters. The topological polar surface area (TPSA) is 73.3 Å². The molecule has 0 aliphatic rings. The molecule has 0 saturated carbocycles. The molecular formula is C13H17N3O2. The molecular weight excluding hydrogens is 230 g/mol. The van der Waals surface area contributed by atoms with Gasteiger partial charge in [0.05, 0.1) is 25.5 Å². The second kappa shape index (κ2) is 5.55. The summed E-state index contributed by atoms with van der Waals surface area (Å²) < 4.78 is 7.14. The quantitative estimate of drug-likeness (QED) is 0.840. The summed E-state index contributed by atoms with van der Waals surface area (Å²) in [4.78, 5) is 0. The number of hydrogen-bond donors (Lipinski definition) is 2. The summed E-state index contributed by atoms with van der Waals surface area (Å²) in [6, 6.07) is 9.48. The minimum absolute atomic E-state index is 0.0123. The van der Waals surface area contributed by atoms with Crippen molar-refractivity contribution in [2.45, 2.75) is 13.5 Å². The van der Waals surface area contributed by atoms with Crippen LogP contribution in [0.4, 0.5) is 5.82 Å². The highest BCUT2D eigenvalue weighted by Gasteiger charge is 2.11. The lowest BCUT2D eigenvalue weighted by Gasteiger charge is -2.07. The van der Waals surface area contributed by atoms with Gasteiger partial charge in [0.2, 0.25) is 0 Å². The molecule has 1 aromatic carbocycles. The fourth-order valence-corrected chi connectivity index (χ4v) is 1.80. The first-order valence-electron chi connectivity index (χ1n) is 5.92. The van der Waals surface area contributed by atoms with Gasteiger partial charge in [0.1, 0.15) is 11.6 Å². The van der Waals surface area contributed by atoms with Crippen LogP contribution in [0.2, 0.25) is 0 Å². The molecule has 18 heavy (non-hydrogen) atoms. The number of nitrogen functional groups attached to an aromatic ring is 1. The summed E-state index contributed by atoms with van der Waals surface area (Å²) in [7, 11) is 0. The number of hydrogen-bond acceptors (Lipinski definition) is 4. The predicted molar refractivity (Wildman–Crippen MR) is 70.3 cm³/mol. The first kappa shape index (κ1) is 12.4. The lowest BCUT2D eigenvalue weighted by molar-refractivity contribution is 0.270. The third kappa shape index (κ3) is 2.46. The highest BCUT2D eigenvalue weighted by Crippen LogP contribution is 2.29. The van der Waals surface area contributed by atoms with Crippen LogP contribution >= 0.6 is 0 Å². The van der Waals surface area contributed by atoms with Gasteiger partial charge in [-0.3, -0.25) is 0 Å². The van der Waals surface area contributed by atoms with Crippen molar-refractivity contribution in [3.05, 3.63) is 30.3 Å². The summed E-state index contributed by atoms with van der Waals surface area (Å²) in [5, 5.41) is 13.3. The van der Waals surface area contributed by atoms with Gasteiger partial charge in [-0.25, -0.2) is 4.68 Å². The number of anilines is 1. The predicted octanol–water partition coefficient (Wildman–Crippen LogP) is 1.52. The molecule has 5 heteroatoms. The SMILES string of the molecule is CCOc1ccccc1-c1cc(N)n(CCO)n1. The summed E-state index contributed by atoms with van der Waals surface area (Å²) in [6.07, 6.45) is 0. The molecule has 0 radical (unpaired) electrons. The van der Waals surface area contributed by atoms with Crippen LogP contribution in [0.15, 0.2) is 30.3 Å². The Morgan fingerprint density at radius 3 is 2.89 bits per heavy atom. The third-order valence-corrected chi connectivity index (χ3v) is 2.59. The van der Waals surface area contributed by atoms with Gasteiger partial charge in [0.15, 0.2) is 0 Å². The van der Waals surface area contributed by atoms with E-state index in [1.165, 1.54) is 0 Å². The standard InChI is InChI=1S/C13H17N3O2/c1-2-18-12-6-4-3-5-10(12)11-9-13(14)16(15-11)7-8-17/h3-6,9,17H,2,7-8,14H2,1H3. The zero-order valence-electron chi connectivity index (χ0n) is 10.3. The van der Waals surface area contributed by atoms with Crippen LogP contribution in [0.3, 0.4) is 0 Å². The number of aliphatic hydroxyl groups is 1. The second-order valence-corrected chi connectivity index (χ2v) is 3.83. The second-order valence-electron chi connectivity index (χ2n) is 3.83. The summed E-state index contributed by atoms with van der Waals surface area (Å²) >= 11 is 0. The summed E-state index contributed by atoms with van der Waals surface area (Å²) in [6.45, 7) is 2.94. The lowest BCUT2D eigenvalue weighted by atomic mass is 10.1. The van der Waals surface area contributed by atoms with Crippen LogP contribution in [0, 0.1) is 0 Å². The fourth-order valence-electron chi connectivity index (χ4n) is 1.80. The van der Waals surface area contributed by atoms with Crippen molar-refractivity contribution >= 4 is 5.82 Å². The Balaban J connectivity index is 2.39. The van der Waals surface area contributed by atoms with Gasteiger partial charge >= 0.3 is 0 Å². The molecule has 0 aliphatic carbocycles. The molecule has 0 amide bonds. The molecule has 2 aromatic rings. The van der Waals surface area contributed by atoms with Crippen molar-refractivity contribution in [3.63, 3.8) is 0 Å². The largest absolute Gasteiger partial charge is 0.493 e. The lowest BCUT2D eigenvalue weighted by Crippen LogP contribution is -2.07. The number of nitrogens with zero attached hydrogens (tertiary/aromatic N) is 2. The van der Waals surface area contributed by atoms with E-state index in [1.807, 2.05) is 31.2 Å². The minimum Gasteiger partial charge on any atom is -0.493 e. The normalized spacial score (nSPS) is 10.6. The Morgan fingerprint density at radius 1 is 1.39 bits per heavy atom. The van der Waals surface area contributed by atoms with E-state index >= 15 is 0 Å². The van der Waals surface area contributed by atoms with Gasteiger partial charge in [-0.1, -0.05) is 12.1 Å². The van der Waals surface area contributed by atoms with Crippen molar-refractivity contribution in [2.75, 3.05) is 18.9 Å². The molecule has 96 valence electrons. The molecule has 0 bridgehead atoms. The minimum atomic E-state index is 0.0123. The van der Waals surface area contributed by atoms with E-state index in [0.717, 1.165) is 17.0 Å². The Bertz CT molecular complexity index is 523. The molecule has 1 heterocycles. The smallest absolute Gasteiger partial charge is 0.128 e. The van der Waals surface area contributed by atoms with Gasteiger partial charge < -0.3 is 15.6 Å². The molecule has 2 rings (SSSR count). The Morgan fingerprint density at radius 2 is 2.17 bits per heavy atom. The molecule has 1 aromatic heterocycles. The number of aliphatic hydroxyl groups excluding tert-OH is 1. The van der Waals surface area contributed by atoms with Crippen molar-refractivity contribution in [2.24, 2.45) is 0 Å². The number of aromatic nitrogens is 2. The number of nitrogens with two attached hydrogens (primary N) is 1. The van der Waals surface area contributed by atoms with E-state index in [-0.39, 0.29) is 6.61 Å². The van der Waals surface area contributed by atoms with Gasteiger partial charge in [0.25, 0.3) is 0 Å². The average Bonchev–Trinajstić information content (AvgIpc) is 2.73.